The largest absolute Gasteiger partial charge is 0.486 e. The van der Waals surface area contributed by atoms with Crippen molar-refractivity contribution in [2.75, 3.05) is 6.61 Å². The van der Waals surface area contributed by atoms with Crippen molar-refractivity contribution >= 4 is 5.78 Å². The van der Waals surface area contributed by atoms with Crippen LogP contribution < -0.4 is 9.47 Å². The second kappa shape index (κ2) is 3.24. The van der Waals surface area contributed by atoms with Gasteiger partial charge in [0, 0.05) is 0 Å². The van der Waals surface area contributed by atoms with Gasteiger partial charge in [0.1, 0.15) is 18.5 Å². The van der Waals surface area contributed by atoms with Crippen LogP contribution in [0.5, 0.6) is 11.5 Å². The fraction of sp³-hybridized carbons (Fsp3) is 0.462. The fourth-order valence-corrected chi connectivity index (χ4v) is 2.33. The summed E-state index contributed by atoms with van der Waals surface area (Å²) in [5.41, 5.74) is -0.270. The van der Waals surface area contributed by atoms with Crippen LogP contribution >= 0.6 is 0 Å². The highest BCUT2D eigenvalue weighted by Gasteiger charge is 2.56. The SMILES string of the molecule is CC(=O)C1(C2COc3ccccc3O2)CC1. The van der Waals surface area contributed by atoms with Gasteiger partial charge in [0.25, 0.3) is 0 Å². The molecule has 3 rings (SSSR count). The summed E-state index contributed by atoms with van der Waals surface area (Å²) < 4.78 is 11.5. The Hall–Kier alpha value is -1.51. The van der Waals surface area contributed by atoms with E-state index in [0.717, 1.165) is 24.3 Å². The van der Waals surface area contributed by atoms with Gasteiger partial charge in [0.05, 0.1) is 5.41 Å². The molecule has 1 saturated carbocycles. The molecular weight excluding hydrogens is 204 g/mol. The molecule has 1 heterocycles. The van der Waals surface area contributed by atoms with Crippen LogP contribution in [0.3, 0.4) is 0 Å². The lowest BCUT2D eigenvalue weighted by Gasteiger charge is -2.31. The minimum atomic E-state index is -0.270. The number of fused-ring (bicyclic) bond motifs is 1. The van der Waals surface area contributed by atoms with Crippen molar-refractivity contribution in [2.45, 2.75) is 25.9 Å². The average molecular weight is 218 g/mol. The molecule has 1 aromatic carbocycles. The topological polar surface area (TPSA) is 35.5 Å². The van der Waals surface area contributed by atoms with E-state index in [1.165, 1.54) is 0 Å². The molecular formula is C13H14O3. The van der Waals surface area contributed by atoms with E-state index >= 15 is 0 Å². The average Bonchev–Trinajstić information content (AvgIpc) is 3.09. The van der Waals surface area contributed by atoms with Crippen LogP contribution in [-0.4, -0.2) is 18.5 Å². The number of benzene rings is 1. The first kappa shape index (κ1) is 9.70. The van der Waals surface area contributed by atoms with Crippen molar-refractivity contribution in [1.82, 2.24) is 0 Å². The van der Waals surface area contributed by atoms with Gasteiger partial charge in [-0.15, -0.1) is 0 Å². The van der Waals surface area contributed by atoms with Gasteiger partial charge in [-0.1, -0.05) is 12.1 Å². The normalized spacial score (nSPS) is 24.9. The zero-order valence-electron chi connectivity index (χ0n) is 9.23. The van der Waals surface area contributed by atoms with Gasteiger partial charge < -0.3 is 9.47 Å². The molecule has 0 radical (unpaired) electrons. The monoisotopic (exact) mass is 218 g/mol. The summed E-state index contributed by atoms with van der Waals surface area (Å²) in [6.07, 6.45) is 1.75. The van der Waals surface area contributed by atoms with Crippen LogP contribution in [0.2, 0.25) is 0 Å². The van der Waals surface area contributed by atoms with Gasteiger partial charge in [0.2, 0.25) is 0 Å². The van der Waals surface area contributed by atoms with Crippen molar-refractivity contribution < 1.29 is 14.3 Å². The van der Waals surface area contributed by atoms with Crippen molar-refractivity contribution in [3.8, 4) is 11.5 Å². The first-order chi connectivity index (χ1) is 7.72. The van der Waals surface area contributed by atoms with E-state index in [0.29, 0.717) is 6.61 Å². The quantitative estimate of drug-likeness (QED) is 0.763. The number of ketones is 1. The number of hydrogen-bond donors (Lipinski definition) is 0. The molecule has 1 aliphatic carbocycles. The fourth-order valence-electron chi connectivity index (χ4n) is 2.33. The smallest absolute Gasteiger partial charge is 0.161 e. The van der Waals surface area contributed by atoms with Crippen molar-refractivity contribution in [3.05, 3.63) is 24.3 Å². The number of hydrogen-bond acceptors (Lipinski definition) is 3. The lowest BCUT2D eigenvalue weighted by Crippen LogP contribution is -2.40. The van der Waals surface area contributed by atoms with Gasteiger partial charge in [-0.2, -0.15) is 0 Å². The first-order valence-corrected chi connectivity index (χ1v) is 5.62. The third-order valence-corrected chi connectivity index (χ3v) is 3.61. The molecule has 1 aromatic rings. The highest BCUT2D eigenvalue weighted by Crippen LogP contribution is 2.52. The lowest BCUT2D eigenvalue weighted by atomic mass is 9.94. The van der Waals surface area contributed by atoms with Crippen LogP contribution in [0, 0.1) is 5.41 Å². The van der Waals surface area contributed by atoms with E-state index in [2.05, 4.69) is 0 Å². The van der Waals surface area contributed by atoms with E-state index in [-0.39, 0.29) is 17.3 Å². The highest BCUT2D eigenvalue weighted by molar-refractivity contribution is 5.86. The third-order valence-electron chi connectivity index (χ3n) is 3.61. The predicted octanol–water partition coefficient (Wildman–Crippen LogP) is 2.20. The number of para-hydroxylation sites is 2. The molecule has 0 aromatic heterocycles. The second-order valence-corrected chi connectivity index (χ2v) is 4.58. The molecule has 0 amide bonds. The van der Waals surface area contributed by atoms with E-state index in [1.807, 2.05) is 24.3 Å². The number of ether oxygens (including phenoxy) is 2. The predicted molar refractivity (Wildman–Crippen MR) is 58.7 cm³/mol. The summed E-state index contributed by atoms with van der Waals surface area (Å²) in [6, 6.07) is 7.61. The number of carbonyl (C=O) groups excluding carboxylic acids is 1. The van der Waals surface area contributed by atoms with Gasteiger partial charge in [-0.3, -0.25) is 4.79 Å². The van der Waals surface area contributed by atoms with Gasteiger partial charge in [-0.05, 0) is 31.9 Å². The molecule has 16 heavy (non-hydrogen) atoms. The summed E-state index contributed by atoms with van der Waals surface area (Å²) in [5, 5.41) is 0. The summed E-state index contributed by atoms with van der Waals surface area (Å²) in [6.45, 7) is 2.13. The Morgan fingerprint density at radius 3 is 2.62 bits per heavy atom. The van der Waals surface area contributed by atoms with E-state index < -0.39 is 0 Å². The summed E-state index contributed by atoms with van der Waals surface area (Å²) in [4.78, 5) is 11.6. The molecule has 3 nitrogen and oxygen atoms in total. The molecule has 1 atom stereocenters. The van der Waals surface area contributed by atoms with Gasteiger partial charge in [0.15, 0.2) is 11.5 Å². The van der Waals surface area contributed by atoms with E-state index in [9.17, 15) is 4.79 Å². The molecule has 0 spiro atoms. The Morgan fingerprint density at radius 2 is 2.00 bits per heavy atom. The Labute approximate surface area is 94.4 Å². The lowest BCUT2D eigenvalue weighted by molar-refractivity contribution is -0.126. The summed E-state index contributed by atoms with van der Waals surface area (Å²) in [5.74, 6) is 1.75. The molecule has 0 bridgehead atoms. The first-order valence-electron chi connectivity index (χ1n) is 5.62. The molecule has 3 heteroatoms. The Bertz CT molecular complexity index is 435. The van der Waals surface area contributed by atoms with Crippen LogP contribution in [0.25, 0.3) is 0 Å². The highest BCUT2D eigenvalue weighted by atomic mass is 16.6. The van der Waals surface area contributed by atoms with Crippen molar-refractivity contribution in [2.24, 2.45) is 5.41 Å². The standard InChI is InChI=1S/C13H14O3/c1-9(14)13(6-7-13)12-8-15-10-4-2-3-5-11(10)16-12/h2-5,12H,6-8H2,1H3. The molecule has 1 unspecified atom stereocenters. The zero-order valence-corrected chi connectivity index (χ0v) is 9.23. The van der Waals surface area contributed by atoms with Crippen molar-refractivity contribution in [3.63, 3.8) is 0 Å². The van der Waals surface area contributed by atoms with Crippen LogP contribution in [0.1, 0.15) is 19.8 Å². The van der Waals surface area contributed by atoms with Gasteiger partial charge in [-0.25, -0.2) is 0 Å². The third kappa shape index (κ3) is 1.31. The molecule has 2 aliphatic rings. The number of Topliss-reactive ketones (excluding diaryl/α,β-unsaturated/α-hetero) is 1. The molecule has 84 valence electrons. The zero-order chi connectivity index (χ0) is 11.2. The van der Waals surface area contributed by atoms with Crippen molar-refractivity contribution in [1.29, 1.82) is 0 Å². The van der Waals surface area contributed by atoms with E-state index in [1.54, 1.807) is 6.92 Å². The maximum atomic E-state index is 11.6. The van der Waals surface area contributed by atoms with Crippen LogP contribution in [0.4, 0.5) is 0 Å². The van der Waals surface area contributed by atoms with E-state index in [4.69, 9.17) is 9.47 Å². The molecule has 1 fully saturated rings. The van der Waals surface area contributed by atoms with Gasteiger partial charge >= 0.3 is 0 Å². The molecule has 0 N–H and O–H groups in total. The molecule has 1 aliphatic heterocycles. The summed E-state index contributed by atoms with van der Waals surface area (Å²) in [7, 11) is 0. The van der Waals surface area contributed by atoms with Crippen LogP contribution in [0.15, 0.2) is 24.3 Å². The van der Waals surface area contributed by atoms with Crippen LogP contribution in [-0.2, 0) is 4.79 Å². The second-order valence-electron chi connectivity index (χ2n) is 4.58. The molecule has 0 saturated heterocycles. The number of carbonyl (C=O) groups is 1. The minimum absolute atomic E-state index is 0.111. The summed E-state index contributed by atoms with van der Waals surface area (Å²) >= 11 is 0. The Morgan fingerprint density at radius 1 is 1.31 bits per heavy atom. The maximum Gasteiger partial charge on any atom is 0.161 e. The maximum absolute atomic E-state index is 11.6. The minimum Gasteiger partial charge on any atom is -0.486 e. The Kier molecular flexibility index (Phi) is 1.96. The Balaban J connectivity index is 1.86. The number of rotatable bonds is 2.